The van der Waals surface area contributed by atoms with Crippen molar-refractivity contribution >= 4 is 12.0 Å². The van der Waals surface area contributed by atoms with E-state index in [9.17, 15) is 35.5 Å². The van der Waals surface area contributed by atoms with Crippen LogP contribution in [-0.4, -0.2) is 63.5 Å². The number of cyclic esters (lactones) is 1. The lowest BCUT2D eigenvalue weighted by Gasteiger charge is -2.34. The molecule has 17 heteroatoms. The number of anilines is 1. The average Bonchev–Trinajstić information content (AvgIpc) is 3.50. The van der Waals surface area contributed by atoms with Crippen LogP contribution in [0.25, 0.3) is 22.3 Å². The number of rotatable bonds is 7. The highest BCUT2D eigenvalue weighted by molar-refractivity contribution is 5.79. The van der Waals surface area contributed by atoms with Crippen LogP contribution in [0.4, 0.5) is 41.5 Å². The first-order chi connectivity index (χ1) is 22.5. The fraction of sp³-hybridized carbons (Fsp3) is 0.387. The van der Waals surface area contributed by atoms with Crippen molar-refractivity contribution in [1.82, 2.24) is 25.0 Å². The van der Waals surface area contributed by atoms with Crippen LogP contribution >= 0.6 is 0 Å². The van der Waals surface area contributed by atoms with Crippen LogP contribution < -0.4 is 9.64 Å². The largest absolute Gasteiger partial charge is 0.481 e. The van der Waals surface area contributed by atoms with E-state index in [4.69, 9.17) is 14.0 Å². The molecule has 0 bridgehead atoms. The Morgan fingerprint density at radius 3 is 2.19 bits per heavy atom. The number of nitrogens with zero attached hydrogens (tertiary/aromatic N) is 6. The molecule has 0 aliphatic carbocycles. The predicted octanol–water partition coefficient (Wildman–Crippen LogP) is 7.10. The van der Waals surface area contributed by atoms with E-state index >= 15 is 0 Å². The Labute approximate surface area is 268 Å². The lowest BCUT2D eigenvalue weighted by Crippen LogP contribution is -2.49. The summed E-state index contributed by atoms with van der Waals surface area (Å²) in [6, 6.07) is 1.77. The number of methoxy groups -OCH3 is 1. The molecule has 2 unspecified atom stereocenters. The first kappa shape index (κ1) is 33.0. The summed E-state index contributed by atoms with van der Waals surface area (Å²) in [7, 11) is 1.40. The third-order valence-corrected chi connectivity index (χ3v) is 8.28. The minimum Gasteiger partial charge on any atom is -0.481 e. The zero-order valence-electron chi connectivity index (χ0n) is 25.8. The lowest BCUT2D eigenvalue weighted by molar-refractivity contribution is -0.143. The van der Waals surface area contributed by atoms with Crippen molar-refractivity contribution in [3.8, 4) is 28.1 Å². The van der Waals surface area contributed by atoms with E-state index in [1.807, 2.05) is 0 Å². The number of aryl methyl sites for hydroxylation is 2. The molecule has 2 fully saturated rings. The molecule has 0 N–H and O–H groups in total. The highest BCUT2D eigenvalue weighted by atomic mass is 19.4. The molecule has 1 amide bonds. The quantitative estimate of drug-likeness (QED) is 0.189. The topological polar surface area (TPSA) is 107 Å². The van der Waals surface area contributed by atoms with Gasteiger partial charge in [0.05, 0.1) is 55.3 Å². The van der Waals surface area contributed by atoms with Crippen LogP contribution in [0.15, 0.2) is 41.2 Å². The van der Waals surface area contributed by atoms with E-state index in [0.29, 0.717) is 45.8 Å². The number of carbonyl (C=O) groups is 1. The molecule has 0 saturated carbocycles. The zero-order chi connectivity index (χ0) is 34.7. The molecule has 254 valence electrons. The average molecular weight is 681 g/mol. The molecular weight excluding hydrogens is 653 g/mol. The van der Waals surface area contributed by atoms with E-state index < -0.39 is 53.5 Å². The van der Waals surface area contributed by atoms with Crippen LogP contribution in [0.3, 0.4) is 0 Å². The molecule has 1 aromatic carbocycles. The molecule has 3 aromatic heterocycles. The highest BCUT2D eigenvalue weighted by Gasteiger charge is 2.44. The van der Waals surface area contributed by atoms with Gasteiger partial charge in [-0.05, 0) is 50.6 Å². The standard InChI is InChI=1S/C31H27F7N6O4/c1-14-25(16(3)48-42-14)18-7-22(27(46-4)39-9-18)23-10-40-28(43-11-21(32)12-43)41-24(23)13-44-15(2)26(47-29(44)45)17-5-19(30(33,34)35)8-20(6-17)31(36,37)38/h5-10,15,21,26H,11-13H2,1-4H3. The van der Waals surface area contributed by atoms with Crippen LogP contribution in [0, 0.1) is 13.8 Å². The Morgan fingerprint density at radius 1 is 0.958 bits per heavy atom. The van der Waals surface area contributed by atoms with Crippen molar-refractivity contribution in [2.45, 2.75) is 58.0 Å². The molecular formula is C31H27F7N6O4. The molecule has 0 radical (unpaired) electrons. The van der Waals surface area contributed by atoms with Gasteiger partial charge >= 0.3 is 18.4 Å². The van der Waals surface area contributed by atoms with Crippen molar-refractivity contribution in [1.29, 1.82) is 0 Å². The third kappa shape index (κ3) is 6.08. The monoisotopic (exact) mass is 680 g/mol. The number of carbonyl (C=O) groups excluding carboxylic acids is 1. The van der Waals surface area contributed by atoms with Gasteiger partial charge in [0, 0.05) is 34.6 Å². The fourth-order valence-corrected chi connectivity index (χ4v) is 5.80. The smallest absolute Gasteiger partial charge is 0.416 e. The second-order valence-electron chi connectivity index (χ2n) is 11.5. The van der Waals surface area contributed by atoms with E-state index in [0.717, 1.165) is 4.90 Å². The molecule has 5 heterocycles. The van der Waals surface area contributed by atoms with E-state index in [1.54, 1.807) is 31.0 Å². The van der Waals surface area contributed by atoms with Gasteiger partial charge in [-0.1, -0.05) is 5.16 Å². The minimum absolute atomic E-state index is 0.00723. The molecule has 4 aromatic rings. The number of alkyl halides is 7. The van der Waals surface area contributed by atoms with Crippen molar-refractivity contribution in [2.24, 2.45) is 0 Å². The van der Waals surface area contributed by atoms with Crippen molar-refractivity contribution in [2.75, 3.05) is 25.1 Å². The second-order valence-corrected chi connectivity index (χ2v) is 11.5. The Hall–Kier alpha value is -4.96. The summed E-state index contributed by atoms with van der Waals surface area (Å²) in [6.07, 6.45) is -10.7. The van der Waals surface area contributed by atoms with Gasteiger partial charge in [0.1, 0.15) is 18.0 Å². The van der Waals surface area contributed by atoms with Crippen molar-refractivity contribution in [3.63, 3.8) is 0 Å². The predicted molar refractivity (Wildman–Crippen MR) is 155 cm³/mol. The minimum atomic E-state index is -5.09. The maximum absolute atomic E-state index is 13.7. The Bertz CT molecular complexity index is 1820. The maximum Gasteiger partial charge on any atom is 0.416 e. The summed E-state index contributed by atoms with van der Waals surface area (Å²) in [5.41, 5.74) is -0.703. The SMILES string of the molecule is COc1ncc(-c2c(C)noc2C)cc1-c1cnc(N2CC(F)C2)nc1CN1C(=O)OC(c2cc(C(F)(F)F)cc(C(F)(F)F)c2)C1C. The number of hydrogen-bond acceptors (Lipinski definition) is 9. The Kier molecular flexibility index (Phi) is 8.19. The number of amides is 1. The second kappa shape index (κ2) is 11.9. The molecule has 2 atom stereocenters. The summed E-state index contributed by atoms with van der Waals surface area (Å²) >= 11 is 0. The molecule has 48 heavy (non-hydrogen) atoms. The molecule has 10 nitrogen and oxygen atoms in total. The summed E-state index contributed by atoms with van der Waals surface area (Å²) in [4.78, 5) is 29.4. The van der Waals surface area contributed by atoms with Crippen molar-refractivity contribution < 1.29 is 49.5 Å². The Balaban J connectivity index is 1.41. The Morgan fingerprint density at radius 2 is 1.62 bits per heavy atom. The van der Waals surface area contributed by atoms with Crippen LogP contribution in [0.2, 0.25) is 0 Å². The van der Waals surface area contributed by atoms with Crippen molar-refractivity contribution in [3.05, 3.63) is 70.5 Å². The van der Waals surface area contributed by atoms with E-state index in [2.05, 4.69) is 20.1 Å². The highest BCUT2D eigenvalue weighted by Crippen LogP contribution is 2.42. The van der Waals surface area contributed by atoms with Gasteiger partial charge < -0.3 is 18.9 Å². The van der Waals surface area contributed by atoms with Gasteiger partial charge in [0.2, 0.25) is 11.8 Å². The van der Waals surface area contributed by atoms with Gasteiger partial charge in [0.25, 0.3) is 0 Å². The summed E-state index contributed by atoms with van der Waals surface area (Å²) in [6.45, 7) is 4.68. The summed E-state index contributed by atoms with van der Waals surface area (Å²) in [5.74, 6) is 0.842. The van der Waals surface area contributed by atoms with Gasteiger partial charge in [0.15, 0.2) is 0 Å². The van der Waals surface area contributed by atoms with Gasteiger partial charge in [-0.2, -0.15) is 26.3 Å². The number of ether oxygens (including phenoxy) is 2. The number of pyridine rings is 1. The van der Waals surface area contributed by atoms with Crippen LogP contribution in [-0.2, 0) is 23.6 Å². The lowest BCUT2D eigenvalue weighted by atomic mass is 9.97. The number of hydrogen-bond donors (Lipinski definition) is 0. The maximum atomic E-state index is 13.7. The molecule has 6 rings (SSSR count). The molecule has 2 aliphatic rings. The number of aromatic nitrogens is 4. The fourth-order valence-electron chi connectivity index (χ4n) is 5.80. The number of benzene rings is 1. The summed E-state index contributed by atoms with van der Waals surface area (Å²) in [5, 5.41) is 3.99. The first-order valence-electron chi connectivity index (χ1n) is 14.5. The number of halogens is 7. The molecule has 2 saturated heterocycles. The van der Waals surface area contributed by atoms with Gasteiger partial charge in [-0.15, -0.1) is 0 Å². The molecule has 2 aliphatic heterocycles. The van der Waals surface area contributed by atoms with Crippen LogP contribution in [0.5, 0.6) is 5.88 Å². The van der Waals surface area contributed by atoms with Crippen LogP contribution in [0.1, 0.15) is 46.9 Å². The summed E-state index contributed by atoms with van der Waals surface area (Å²) < 4.78 is 112. The van der Waals surface area contributed by atoms with Gasteiger partial charge in [-0.3, -0.25) is 4.90 Å². The van der Waals surface area contributed by atoms with E-state index in [1.165, 1.54) is 20.2 Å². The van der Waals surface area contributed by atoms with E-state index in [-0.39, 0.29) is 43.2 Å². The first-order valence-corrected chi connectivity index (χ1v) is 14.5. The normalized spacial score (nSPS) is 18.7. The zero-order valence-corrected chi connectivity index (χ0v) is 25.8. The third-order valence-electron chi connectivity index (χ3n) is 8.28. The van der Waals surface area contributed by atoms with Gasteiger partial charge in [-0.25, -0.2) is 24.1 Å². The molecule has 0 spiro atoms.